The molecule has 1 aromatic carbocycles. The number of carboxylic acids is 2. The van der Waals surface area contributed by atoms with E-state index in [2.05, 4.69) is 0 Å². The molecule has 1 aromatic rings. The molecule has 0 bridgehead atoms. The van der Waals surface area contributed by atoms with Crippen LogP contribution in [0.15, 0.2) is 24.3 Å². The fourth-order valence-corrected chi connectivity index (χ4v) is 3.51. The van der Waals surface area contributed by atoms with Crippen molar-refractivity contribution in [1.29, 1.82) is 0 Å². The molecular weight excluding hydrogens is 288 g/mol. The molecule has 21 heavy (non-hydrogen) atoms. The number of carbonyl (C=O) groups is 2. The highest BCUT2D eigenvalue weighted by Crippen LogP contribution is 2.28. The van der Waals surface area contributed by atoms with Gasteiger partial charge < -0.3 is 10.2 Å². The standard InChI is InChI=1S/C16H22O4S/c1-10(2)15(16(19)20)13(21-3)8-11-4-6-12(7-5-11)9-14(17)18/h4-7,10,13,15H,8-9H2,1-3H3,(H,17,18)(H,19,20). The van der Waals surface area contributed by atoms with E-state index in [-0.39, 0.29) is 17.6 Å². The van der Waals surface area contributed by atoms with Gasteiger partial charge in [0, 0.05) is 5.25 Å². The Labute approximate surface area is 129 Å². The first kappa shape index (κ1) is 17.6. The van der Waals surface area contributed by atoms with Gasteiger partial charge in [0.05, 0.1) is 12.3 Å². The fraction of sp³-hybridized carbons (Fsp3) is 0.500. The van der Waals surface area contributed by atoms with Crippen molar-refractivity contribution in [3.8, 4) is 0 Å². The smallest absolute Gasteiger partial charge is 0.307 e. The molecule has 116 valence electrons. The topological polar surface area (TPSA) is 74.6 Å². The van der Waals surface area contributed by atoms with Crippen LogP contribution in [0.3, 0.4) is 0 Å². The van der Waals surface area contributed by atoms with Gasteiger partial charge in [0.15, 0.2) is 0 Å². The average Bonchev–Trinajstić information content (AvgIpc) is 2.38. The summed E-state index contributed by atoms with van der Waals surface area (Å²) in [5.41, 5.74) is 1.79. The zero-order chi connectivity index (χ0) is 16.0. The van der Waals surface area contributed by atoms with Gasteiger partial charge in [-0.25, -0.2) is 0 Å². The maximum atomic E-state index is 11.4. The third-order valence-corrected chi connectivity index (χ3v) is 4.59. The molecule has 2 atom stereocenters. The molecule has 0 saturated carbocycles. The van der Waals surface area contributed by atoms with E-state index < -0.39 is 17.9 Å². The van der Waals surface area contributed by atoms with Crippen LogP contribution in [0.1, 0.15) is 25.0 Å². The number of aliphatic carboxylic acids is 2. The molecule has 0 radical (unpaired) electrons. The summed E-state index contributed by atoms with van der Waals surface area (Å²) < 4.78 is 0. The van der Waals surface area contributed by atoms with Crippen molar-refractivity contribution in [2.75, 3.05) is 6.26 Å². The summed E-state index contributed by atoms with van der Waals surface area (Å²) in [6.45, 7) is 3.86. The second-order valence-electron chi connectivity index (χ2n) is 5.47. The molecule has 2 unspecified atom stereocenters. The zero-order valence-corrected chi connectivity index (χ0v) is 13.4. The first-order valence-corrected chi connectivity index (χ1v) is 8.19. The highest BCUT2D eigenvalue weighted by Gasteiger charge is 2.30. The van der Waals surface area contributed by atoms with Gasteiger partial charge in [0.25, 0.3) is 0 Å². The van der Waals surface area contributed by atoms with E-state index in [1.54, 1.807) is 23.9 Å². The van der Waals surface area contributed by atoms with Gasteiger partial charge >= 0.3 is 11.9 Å². The minimum atomic E-state index is -0.851. The van der Waals surface area contributed by atoms with Crippen molar-refractivity contribution in [3.63, 3.8) is 0 Å². The first-order valence-electron chi connectivity index (χ1n) is 6.90. The molecule has 0 saturated heterocycles. The van der Waals surface area contributed by atoms with Gasteiger partial charge in [-0.2, -0.15) is 11.8 Å². The van der Waals surface area contributed by atoms with E-state index in [0.717, 1.165) is 11.1 Å². The van der Waals surface area contributed by atoms with Gasteiger partial charge in [0.2, 0.25) is 0 Å². The lowest BCUT2D eigenvalue weighted by Crippen LogP contribution is -2.31. The Morgan fingerprint density at radius 2 is 1.62 bits per heavy atom. The molecule has 1 rings (SSSR count). The quantitative estimate of drug-likeness (QED) is 0.772. The summed E-state index contributed by atoms with van der Waals surface area (Å²) >= 11 is 1.57. The molecule has 0 fully saturated rings. The van der Waals surface area contributed by atoms with Crippen LogP contribution in [0.4, 0.5) is 0 Å². The van der Waals surface area contributed by atoms with Crippen LogP contribution < -0.4 is 0 Å². The molecule has 0 amide bonds. The van der Waals surface area contributed by atoms with E-state index in [4.69, 9.17) is 5.11 Å². The van der Waals surface area contributed by atoms with Crippen LogP contribution in [0.2, 0.25) is 0 Å². The average molecular weight is 310 g/mol. The number of hydrogen-bond acceptors (Lipinski definition) is 3. The summed E-state index contributed by atoms with van der Waals surface area (Å²) in [6.07, 6.45) is 2.61. The van der Waals surface area contributed by atoms with E-state index in [0.29, 0.717) is 6.42 Å². The van der Waals surface area contributed by atoms with Crippen LogP contribution in [0.25, 0.3) is 0 Å². The van der Waals surface area contributed by atoms with Crippen molar-refractivity contribution in [1.82, 2.24) is 0 Å². The van der Waals surface area contributed by atoms with Gasteiger partial charge in [-0.1, -0.05) is 38.1 Å². The second-order valence-corrected chi connectivity index (χ2v) is 6.55. The van der Waals surface area contributed by atoms with Crippen LogP contribution >= 0.6 is 11.8 Å². The normalized spacial score (nSPS) is 13.9. The van der Waals surface area contributed by atoms with Gasteiger partial charge in [-0.3, -0.25) is 9.59 Å². The Balaban J connectivity index is 2.81. The molecule has 5 heteroatoms. The van der Waals surface area contributed by atoms with Crippen molar-refractivity contribution in [2.24, 2.45) is 11.8 Å². The van der Waals surface area contributed by atoms with Crippen molar-refractivity contribution >= 4 is 23.7 Å². The predicted molar refractivity (Wildman–Crippen MR) is 84.8 cm³/mol. The van der Waals surface area contributed by atoms with Gasteiger partial charge in [-0.05, 0) is 29.7 Å². The summed E-state index contributed by atoms with van der Waals surface area (Å²) in [5, 5.41) is 18.1. The summed E-state index contributed by atoms with van der Waals surface area (Å²) in [6, 6.07) is 7.37. The fourth-order valence-electron chi connectivity index (χ4n) is 2.43. The van der Waals surface area contributed by atoms with E-state index in [9.17, 15) is 14.7 Å². The van der Waals surface area contributed by atoms with Crippen molar-refractivity contribution < 1.29 is 19.8 Å². The highest BCUT2D eigenvalue weighted by molar-refractivity contribution is 7.99. The monoisotopic (exact) mass is 310 g/mol. The molecule has 0 aliphatic carbocycles. The number of benzene rings is 1. The van der Waals surface area contributed by atoms with Gasteiger partial charge in [0.1, 0.15) is 0 Å². The number of thioether (sulfide) groups is 1. The third-order valence-electron chi connectivity index (χ3n) is 3.52. The molecule has 0 heterocycles. The maximum absolute atomic E-state index is 11.4. The SMILES string of the molecule is CSC(Cc1ccc(CC(=O)O)cc1)C(C(=O)O)C(C)C. The minimum Gasteiger partial charge on any atom is -0.481 e. The summed E-state index contributed by atoms with van der Waals surface area (Å²) in [4.78, 5) is 22.1. The Hall–Kier alpha value is -1.49. The lowest BCUT2D eigenvalue weighted by atomic mass is 9.89. The largest absolute Gasteiger partial charge is 0.481 e. The molecule has 0 aliphatic rings. The number of hydrogen-bond donors (Lipinski definition) is 2. The van der Waals surface area contributed by atoms with E-state index >= 15 is 0 Å². The van der Waals surface area contributed by atoms with Gasteiger partial charge in [-0.15, -0.1) is 0 Å². The first-order chi connectivity index (χ1) is 9.85. The van der Waals surface area contributed by atoms with Crippen LogP contribution in [-0.4, -0.2) is 33.7 Å². The molecule has 4 nitrogen and oxygen atoms in total. The molecule has 0 spiro atoms. The minimum absolute atomic E-state index is 0.00724. The van der Waals surface area contributed by atoms with Crippen LogP contribution in [-0.2, 0) is 22.4 Å². The molecule has 2 N–H and O–H groups in total. The van der Waals surface area contributed by atoms with Crippen LogP contribution in [0.5, 0.6) is 0 Å². The maximum Gasteiger partial charge on any atom is 0.307 e. The summed E-state index contributed by atoms with van der Waals surface area (Å²) in [5.74, 6) is -1.92. The number of carboxylic acid groups (broad SMARTS) is 2. The number of rotatable bonds is 8. The Bertz CT molecular complexity index is 482. The Morgan fingerprint density at radius 3 is 2.00 bits per heavy atom. The van der Waals surface area contributed by atoms with Crippen LogP contribution in [0, 0.1) is 11.8 Å². The van der Waals surface area contributed by atoms with E-state index in [1.807, 2.05) is 32.2 Å². The molecular formula is C16H22O4S. The third kappa shape index (κ3) is 5.42. The van der Waals surface area contributed by atoms with Crippen molar-refractivity contribution in [2.45, 2.75) is 31.9 Å². The molecule has 0 aromatic heterocycles. The lowest BCUT2D eigenvalue weighted by Gasteiger charge is -2.25. The zero-order valence-electron chi connectivity index (χ0n) is 12.6. The van der Waals surface area contributed by atoms with E-state index in [1.165, 1.54) is 0 Å². The van der Waals surface area contributed by atoms with Crippen molar-refractivity contribution in [3.05, 3.63) is 35.4 Å². The Kier molecular flexibility index (Phi) is 6.75. The summed E-state index contributed by atoms with van der Waals surface area (Å²) in [7, 11) is 0. The Morgan fingerprint density at radius 1 is 1.10 bits per heavy atom. The predicted octanol–water partition coefficient (Wildman–Crippen LogP) is 2.94. The highest BCUT2D eigenvalue weighted by atomic mass is 32.2. The second kappa shape index (κ2) is 8.08. The molecule has 0 aliphatic heterocycles. The lowest BCUT2D eigenvalue weighted by molar-refractivity contribution is -0.143.